The molecule has 0 aromatic heterocycles. The lowest BCUT2D eigenvalue weighted by Gasteiger charge is -2.05. The SMILES string of the molecule is CC#CCNc1cc(OC)cc([N+](=O)[O-])c1. The highest BCUT2D eigenvalue weighted by Gasteiger charge is 2.09. The molecule has 0 fully saturated rings. The van der Waals surface area contributed by atoms with Gasteiger partial charge in [0, 0.05) is 17.8 Å². The molecule has 0 heterocycles. The number of nitrogens with zero attached hydrogens (tertiary/aromatic N) is 1. The van der Waals surface area contributed by atoms with Gasteiger partial charge < -0.3 is 10.1 Å². The van der Waals surface area contributed by atoms with Crippen LogP contribution in [0.1, 0.15) is 6.92 Å². The van der Waals surface area contributed by atoms with E-state index in [0.29, 0.717) is 18.0 Å². The first-order chi connectivity index (χ1) is 7.67. The summed E-state index contributed by atoms with van der Waals surface area (Å²) in [5.74, 6) is 5.98. The van der Waals surface area contributed by atoms with E-state index in [0.717, 1.165) is 0 Å². The van der Waals surface area contributed by atoms with E-state index >= 15 is 0 Å². The van der Waals surface area contributed by atoms with Gasteiger partial charge in [0.1, 0.15) is 5.75 Å². The third kappa shape index (κ3) is 3.17. The molecule has 84 valence electrons. The molecule has 0 amide bonds. The second-order valence-corrected chi connectivity index (χ2v) is 2.96. The minimum atomic E-state index is -0.459. The number of non-ortho nitro benzene ring substituents is 1. The van der Waals surface area contributed by atoms with Crippen molar-refractivity contribution >= 4 is 11.4 Å². The van der Waals surface area contributed by atoms with E-state index in [2.05, 4.69) is 17.2 Å². The van der Waals surface area contributed by atoms with E-state index in [1.807, 2.05) is 0 Å². The fourth-order valence-electron chi connectivity index (χ4n) is 1.14. The Morgan fingerprint density at radius 1 is 1.50 bits per heavy atom. The van der Waals surface area contributed by atoms with Crippen LogP contribution in [-0.4, -0.2) is 18.6 Å². The van der Waals surface area contributed by atoms with Crippen molar-refractivity contribution in [3.8, 4) is 17.6 Å². The van der Waals surface area contributed by atoms with Gasteiger partial charge in [0.15, 0.2) is 0 Å². The van der Waals surface area contributed by atoms with Crippen molar-refractivity contribution in [1.29, 1.82) is 0 Å². The van der Waals surface area contributed by atoms with Gasteiger partial charge in [-0.05, 0) is 6.92 Å². The summed E-state index contributed by atoms with van der Waals surface area (Å²) in [6.45, 7) is 2.18. The molecule has 0 aliphatic heterocycles. The molecule has 5 heteroatoms. The lowest BCUT2D eigenvalue weighted by molar-refractivity contribution is -0.384. The zero-order chi connectivity index (χ0) is 12.0. The van der Waals surface area contributed by atoms with Crippen molar-refractivity contribution in [2.75, 3.05) is 19.0 Å². The molecule has 0 bridgehead atoms. The largest absolute Gasteiger partial charge is 0.496 e. The van der Waals surface area contributed by atoms with Gasteiger partial charge in [-0.15, -0.1) is 5.92 Å². The van der Waals surface area contributed by atoms with Crippen LogP contribution in [0.15, 0.2) is 18.2 Å². The van der Waals surface area contributed by atoms with Gasteiger partial charge in [0.2, 0.25) is 0 Å². The second kappa shape index (κ2) is 5.61. The first-order valence-electron chi connectivity index (χ1n) is 4.64. The van der Waals surface area contributed by atoms with E-state index in [1.54, 1.807) is 13.0 Å². The van der Waals surface area contributed by atoms with Crippen molar-refractivity contribution in [3.63, 3.8) is 0 Å². The molecule has 0 aliphatic rings. The highest BCUT2D eigenvalue weighted by molar-refractivity contribution is 5.56. The molecule has 0 saturated heterocycles. The minimum absolute atomic E-state index is 0.00805. The van der Waals surface area contributed by atoms with E-state index in [4.69, 9.17) is 4.74 Å². The van der Waals surface area contributed by atoms with Gasteiger partial charge >= 0.3 is 0 Å². The molecule has 1 rings (SSSR count). The van der Waals surface area contributed by atoms with Crippen LogP contribution < -0.4 is 10.1 Å². The minimum Gasteiger partial charge on any atom is -0.496 e. The van der Waals surface area contributed by atoms with Crippen LogP contribution in [0.25, 0.3) is 0 Å². The summed E-state index contributed by atoms with van der Waals surface area (Å²) >= 11 is 0. The summed E-state index contributed by atoms with van der Waals surface area (Å²) in [5.41, 5.74) is 0.611. The van der Waals surface area contributed by atoms with E-state index in [-0.39, 0.29) is 5.69 Å². The number of hydrogen-bond donors (Lipinski definition) is 1. The van der Waals surface area contributed by atoms with Gasteiger partial charge in [-0.25, -0.2) is 0 Å². The average molecular weight is 220 g/mol. The lowest BCUT2D eigenvalue weighted by Crippen LogP contribution is -2.00. The normalized spacial score (nSPS) is 8.88. The number of hydrogen-bond acceptors (Lipinski definition) is 4. The number of nitro groups is 1. The number of nitro benzene ring substituents is 1. The zero-order valence-corrected chi connectivity index (χ0v) is 9.11. The van der Waals surface area contributed by atoms with Crippen molar-refractivity contribution in [2.24, 2.45) is 0 Å². The number of ether oxygens (including phenoxy) is 1. The molecule has 1 aromatic rings. The lowest BCUT2D eigenvalue weighted by atomic mass is 10.2. The van der Waals surface area contributed by atoms with E-state index in [1.165, 1.54) is 19.2 Å². The molecular formula is C11H12N2O3. The molecule has 1 N–H and O–H groups in total. The summed E-state index contributed by atoms with van der Waals surface area (Å²) in [7, 11) is 1.47. The van der Waals surface area contributed by atoms with Gasteiger partial charge in [-0.3, -0.25) is 10.1 Å². The van der Waals surface area contributed by atoms with E-state index in [9.17, 15) is 10.1 Å². The van der Waals surface area contributed by atoms with E-state index < -0.39 is 4.92 Å². The fraction of sp³-hybridized carbons (Fsp3) is 0.273. The molecule has 0 unspecified atom stereocenters. The topological polar surface area (TPSA) is 64.4 Å². The van der Waals surface area contributed by atoms with Gasteiger partial charge in [0.25, 0.3) is 5.69 Å². The molecule has 0 radical (unpaired) electrons. The van der Waals surface area contributed by atoms with Gasteiger partial charge in [-0.1, -0.05) is 5.92 Å². The van der Waals surface area contributed by atoms with Crippen LogP contribution >= 0.6 is 0 Å². The predicted octanol–water partition coefficient (Wildman–Crippen LogP) is 2.04. The Labute approximate surface area is 93.6 Å². The highest BCUT2D eigenvalue weighted by atomic mass is 16.6. The van der Waals surface area contributed by atoms with Crippen LogP contribution in [-0.2, 0) is 0 Å². The molecule has 0 atom stereocenters. The number of benzene rings is 1. The Hall–Kier alpha value is -2.22. The van der Waals surface area contributed by atoms with Crippen LogP contribution in [0, 0.1) is 22.0 Å². The first kappa shape index (κ1) is 11.9. The quantitative estimate of drug-likeness (QED) is 0.479. The Kier molecular flexibility index (Phi) is 4.16. The van der Waals surface area contributed by atoms with Crippen molar-refractivity contribution in [2.45, 2.75) is 6.92 Å². The summed E-state index contributed by atoms with van der Waals surface area (Å²) in [5, 5.41) is 13.6. The molecule has 16 heavy (non-hydrogen) atoms. The summed E-state index contributed by atoms with van der Waals surface area (Å²) in [6, 6.07) is 4.50. The van der Waals surface area contributed by atoms with Crippen LogP contribution in [0.2, 0.25) is 0 Å². The summed E-state index contributed by atoms with van der Waals surface area (Å²) in [4.78, 5) is 10.2. The zero-order valence-electron chi connectivity index (χ0n) is 9.11. The Bertz CT molecular complexity index is 446. The third-order valence-electron chi connectivity index (χ3n) is 1.90. The number of methoxy groups -OCH3 is 1. The standard InChI is InChI=1S/C11H12N2O3/c1-3-4-5-12-9-6-10(13(14)15)8-11(7-9)16-2/h6-8,12H,5H2,1-2H3. The maximum atomic E-state index is 10.6. The summed E-state index contributed by atoms with van der Waals surface area (Å²) < 4.78 is 4.97. The number of anilines is 1. The smallest absolute Gasteiger partial charge is 0.275 e. The second-order valence-electron chi connectivity index (χ2n) is 2.96. The highest BCUT2D eigenvalue weighted by Crippen LogP contribution is 2.25. The maximum absolute atomic E-state index is 10.6. The van der Waals surface area contributed by atoms with Crippen molar-refractivity contribution in [1.82, 2.24) is 0 Å². The van der Waals surface area contributed by atoms with Crippen molar-refractivity contribution < 1.29 is 9.66 Å². The van der Waals surface area contributed by atoms with Gasteiger partial charge in [0.05, 0.1) is 24.6 Å². The molecule has 0 spiro atoms. The average Bonchev–Trinajstić information content (AvgIpc) is 2.29. The van der Waals surface area contributed by atoms with Crippen LogP contribution in [0.4, 0.5) is 11.4 Å². The van der Waals surface area contributed by atoms with Crippen LogP contribution in [0.5, 0.6) is 5.75 Å². The predicted molar refractivity (Wildman–Crippen MR) is 61.6 cm³/mol. The van der Waals surface area contributed by atoms with Crippen LogP contribution in [0.3, 0.4) is 0 Å². The molecular weight excluding hydrogens is 208 g/mol. The Morgan fingerprint density at radius 2 is 2.25 bits per heavy atom. The fourth-order valence-corrected chi connectivity index (χ4v) is 1.14. The third-order valence-corrected chi connectivity index (χ3v) is 1.90. The monoisotopic (exact) mass is 220 g/mol. The maximum Gasteiger partial charge on any atom is 0.275 e. The molecule has 5 nitrogen and oxygen atoms in total. The number of rotatable bonds is 4. The summed E-state index contributed by atoms with van der Waals surface area (Å²) in [6.07, 6.45) is 0. The Balaban J connectivity index is 2.93. The molecule has 1 aromatic carbocycles. The first-order valence-corrected chi connectivity index (χ1v) is 4.64. The molecule has 0 aliphatic carbocycles. The van der Waals surface area contributed by atoms with Gasteiger partial charge in [-0.2, -0.15) is 0 Å². The number of nitrogens with one attached hydrogen (secondary N) is 1. The Morgan fingerprint density at radius 3 is 2.81 bits per heavy atom. The van der Waals surface area contributed by atoms with Crippen molar-refractivity contribution in [3.05, 3.63) is 28.3 Å². The molecule has 0 saturated carbocycles.